The predicted octanol–water partition coefficient (Wildman–Crippen LogP) is 3.62. The van der Waals surface area contributed by atoms with E-state index in [4.69, 9.17) is 9.84 Å². The van der Waals surface area contributed by atoms with Gasteiger partial charge >= 0.3 is 0 Å². The summed E-state index contributed by atoms with van der Waals surface area (Å²) in [6.45, 7) is 4.74. The largest absolute Gasteiger partial charge is 0.488 e. The molecule has 0 aliphatic rings. The van der Waals surface area contributed by atoms with E-state index in [-0.39, 0.29) is 6.61 Å². The van der Waals surface area contributed by atoms with Gasteiger partial charge in [0.2, 0.25) is 0 Å². The molecule has 0 aliphatic carbocycles. The van der Waals surface area contributed by atoms with Crippen molar-refractivity contribution in [1.82, 2.24) is 0 Å². The van der Waals surface area contributed by atoms with Gasteiger partial charge in [0, 0.05) is 12.0 Å². The first-order valence-electron chi connectivity index (χ1n) is 7.08. The molecule has 2 heteroatoms. The van der Waals surface area contributed by atoms with Crippen LogP contribution >= 0.6 is 0 Å². The van der Waals surface area contributed by atoms with E-state index in [0.29, 0.717) is 13.0 Å². The molecule has 1 N–H and O–H groups in total. The zero-order valence-corrected chi connectivity index (χ0v) is 12.5. The zero-order chi connectivity index (χ0) is 15.1. The molecule has 21 heavy (non-hydrogen) atoms. The van der Waals surface area contributed by atoms with Crippen molar-refractivity contribution in [3.8, 4) is 17.6 Å². The molecule has 0 bridgehead atoms. The van der Waals surface area contributed by atoms with Crippen LogP contribution in [0, 0.1) is 25.7 Å². The molecule has 108 valence electrons. The van der Waals surface area contributed by atoms with Crippen LogP contribution in [0.5, 0.6) is 5.75 Å². The average Bonchev–Trinajstić information content (AvgIpc) is 2.47. The monoisotopic (exact) mass is 280 g/mol. The van der Waals surface area contributed by atoms with E-state index in [0.717, 1.165) is 28.0 Å². The molecule has 0 unspecified atom stereocenters. The first-order valence-corrected chi connectivity index (χ1v) is 7.08. The minimum absolute atomic E-state index is 0.0996. The van der Waals surface area contributed by atoms with Crippen LogP contribution in [-0.4, -0.2) is 11.7 Å². The van der Waals surface area contributed by atoms with Crippen molar-refractivity contribution >= 4 is 0 Å². The minimum Gasteiger partial charge on any atom is -0.488 e. The van der Waals surface area contributed by atoms with Crippen LogP contribution in [-0.2, 0) is 6.61 Å². The lowest BCUT2D eigenvalue weighted by Crippen LogP contribution is -1.99. The van der Waals surface area contributed by atoms with Crippen LogP contribution in [0.1, 0.15) is 28.7 Å². The van der Waals surface area contributed by atoms with Crippen LogP contribution < -0.4 is 4.74 Å². The molecular weight excluding hydrogens is 260 g/mol. The van der Waals surface area contributed by atoms with Gasteiger partial charge in [0.1, 0.15) is 12.4 Å². The number of rotatable bonds is 4. The molecule has 0 atom stereocenters. The molecule has 0 fully saturated rings. The number of aryl methyl sites for hydroxylation is 2. The summed E-state index contributed by atoms with van der Waals surface area (Å²) < 4.78 is 5.95. The van der Waals surface area contributed by atoms with Gasteiger partial charge in [0.05, 0.1) is 6.61 Å². The standard InChI is InChI=1S/C19H20O2/c1-15-7-5-8-16(2)19(15)21-14-18-11-6-10-17(13-18)9-3-4-12-20/h5-8,10-11,13,20H,4,12,14H2,1-2H3. The number of aliphatic hydroxyl groups is 1. The molecular formula is C19H20O2. The molecule has 0 radical (unpaired) electrons. The average molecular weight is 280 g/mol. The van der Waals surface area contributed by atoms with Gasteiger partial charge in [-0.2, -0.15) is 0 Å². The summed E-state index contributed by atoms with van der Waals surface area (Å²) in [7, 11) is 0. The van der Waals surface area contributed by atoms with Crippen LogP contribution in [0.3, 0.4) is 0 Å². The number of ether oxygens (including phenoxy) is 1. The van der Waals surface area contributed by atoms with E-state index in [2.05, 4.69) is 37.8 Å². The van der Waals surface area contributed by atoms with Crippen molar-refractivity contribution in [2.24, 2.45) is 0 Å². The normalized spacial score (nSPS) is 9.86. The summed E-state index contributed by atoms with van der Waals surface area (Å²) in [6, 6.07) is 14.1. The summed E-state index contributed by atoms with van der Waals surface area (Å²) in [6.07, 6.45) is 0.503. The first kappa shape index (κ1) is 15.2. The van der Waals surface area contributed by atoms with Gasteiger partial charge in [0.25, 0.3) is 0 Å². The van der Waals surface area contributed by atoms with Gasteiger partial charge in [-0.3, -0.25) is 0 Å². The fraction of sp³-hybridized carbons (Fsp3) is 0.263. The smallest absolute Gasteiger partial charge is 0.125 e. The van der Waals surface area contributed by atoms with Crippen molar-refractivity contribution in [3.05, 3.63) is 64.7 Å². The summed E-state index contributed by atoms with van der Waals surface area (Å²) in [5.41, 5.74) is 4.34. The lowest BCUT2D eigenvalue weighted by Gasteiger charge is -2.12. The topological polar surface area (TPSA) is 29.5 Å². The highest BCUT2D eigenvalue weighted by Gasteiger charge is 2.03. The first-order chi connectivity index (χ1) is 10.2. The van der Waals surface area contributed by atoms with Gasteiger partial charge in [-0.15, -0.1) is 0 Å². The SMILES string of the molecule is Cc1cccc(C)c1OCc1cccc(C#CCCO)c1. The number of benzene rings is 2. The quantitative estimate of drug-likeness (QED) is 0.867. The molecule has 0 saturated heterocycles. The third kappa shape index (κ3) is 4.37. The number of aliphatic hydroxyl groups excluding tert-OH is 1. The highest BCUT2D eigenvalue weighted by molar-refractivity contribution is 5.40. The van der Waals surface area contributed by atoms with E-state index in [1.807, 2.05) is 30.3 Å². The highest BCUT2D eigenvalue weighted by Crippen LogP contribution is 2.23. The Balaban J connectivity index is 2.07. The van der Waals surface area contributed by atoms with Crippen molar-refractivity contribution in [2.45, 2.75) is 26.9 Å². The maximum atomic E-state index is 8.74. The highest BCUT2D eigenvalue weighted by atomic mass is 16.5. The molecule has 0 aromatic heterocycles. The minimum atomic E-state index is 0.0996. The van der Waals surface area contributed by atoms with E-state index < -0.39 is 0 Å². The Morgan fingerprint density at radius 3 is 2.48 bits per heavy atom. The van der Waals surface area contributed by atoms with E-state index in [9.17, 15) is 0 Å². The van der Waals surface area contributed by atoms with Crippen LogP contribution in [0.25, 0.3) is 0 Å². The maximum Gasteiger partial charge on any atom is 0.125 e. The molecule has 0 spiro atoms. The van der Waals surface area contributed by atoms with Crippen molar-refractivity contribution < 1.29 is 9.84 Å². The Morgan fingerprint density at radius 1 is 1.05 bits per heavy atom. The molecule has 2 rings (SSSR count). The van der Waals surface area contributed by atoms with Gasteiger partial charge in [0.15, 0.2) is 0 Å². The molecule has 2 aromatic rings. The number of para-hydroxylation sites is 1. The Morgan fingerprint density at radius 2 is 1.76 bits per heavy atom. The predicted molar refractivity (Wildman–Crippen MR) is 85.3 cm³/mol. The zero-order valence-electron chi connectivity index (χ0n) is 12.5. The van der Waals surface area contributed by atoms with Gasteiger partial charge in [-0.25, -0.2) is 0 Å². The van der Waals surface area contributed by atoms with Gasteiger partial charge < -0.3 is 9.84 Å². The third-order valence-corrected chi connectivity index (χ3v) is 3.19. The van der Waals surface area contributed by atoms with Crippen molar-refractivity contribution in [3.63, 3.8) is 0 Å². The maximum absolute atomic E-state index is 8.74. The molecule has 0 aliphatic heterocycles. The van der Waals surface area contributed by atoms with Crippen LogP contribution in [0.15, 0.2) is 42.5 Å². The molecule has 0 heterocycles. The van der Waals surface area contributed by atoms with Crippen LogP contribution in [0.4, 0.5) is 0 Å². The van der Waals surface area contributed by atoms with Gasteiger partial charge in [-0.1, -0.05) is 42.2 Å². The second-order valence-electron chi connectivity index (χ2n) is 4.99. The summed E-state index contributed by atoms with van der Waals surface area (Å²) in [5, 5.41) is 8.74. The third-order valence-electron chi connectivity index (χ3n) is 3.19. The van der Waals surface area contributed by atoms with Crippen molar-refractivity contribution in [1.29, 1.82) is 0 Å². The Hall–Kier alpha value is -2.24. The molecule has 0 amide bonds. The summed E-state index contributed by atoms with van der Waals surface area (Å²) >= 11 is 0. The number of hydrogen-bond acceptors (Lipinski definition) is 2. The Labute approximate surface area is 126 Å². The Bertz CT molecular complexity index is 643. The number of hydrogen-bond donors (Lipinski definition) is 1. The molecule has 0 saturated carbocycles. The van der Waals surface area contributed by atoms with E-state index in [1.165, 1.54) is 0 Å². The lowest BCUT2D eigenvalue weighted by molar-refractivity contribution is 0.302. The Kier molecular flexibility index (Phi) is 5.43. The summed E-state index contributed by atoms with van der Waals surface area (Å²) in [5.74, 6) is 6.92. The molecule has 2 aromatic carbocycles. The lowest BCUT2D eigenvalue weighted by atomic mass is 10.1. The van der Waals surface area contributed by atoms with Crippen molar-refractivity contribution in [2.75, 3.05) is 6.61 Å². The van der Waals surface area contributed by atoms with Gasteiger partial charge in [-0.05, 0) is 42.7 Å². The fourth-order valence-corrected chi connectivity index (χ4v) is 2.14. The second kappa shape index (κ2) is 7.52. The van der Waals surface area contributed by atoms with E-state index in [1.54, 1.807) is 0 Å². The van der Waals surface area contributed by atoms with E-state index >= 15 is 0 Å². The molecule has 2 nitrogen and oxygen atoms in total. The second-order valence-corrected chi connectivity index (χ2v) is 4.99. The fourth-order valence-electron chi connectivity index (χ4n) is 2.14. The summed E-state index contributed by atoms with van der Waals surface area (Å²) in [4.78, 5) is 0. The van der Waals surface area contributed by atoms with Crippen LogP contribution in [0.2, 0.25) is 0 Å².